The summed E-state index contributed by atoms with van der Waals surface area (Å²) in [6.07, 6.45) is 0. The molecule has 0 atom stereocenters. The van der Waals surface area contributed by atoms with Crippen LogP contribution >= 0.6 is 0 Å². The molecule has 0 aliphatic heterocycles. The molecule has 0 saturated heterocycles. The van der Waals surface area contributed by atoms with E-state index in [9.17, 15) is 0 Å². The summed E-state index contributed by atoms with van der Waals surface area (Å²) < 4.78 is 0. The molecule has 0 radical (unpaired) electrons. The number of fused-ring (bicyclic) bond motifs is 4. The van der Waals surface area contributed by atoms with Crippen LogP contribution in [0.15, 0.2) is 218 Å². The lowest BCUT2D eigenvalue weighted by molar-refractivity contribution is 0.660. The predicted octanol–water partition coefficient (Wildman–Crippen LogP) is 15.6. The van der Waals surface area contributed by atoms with Gasteiger partial charge >= 0.3 is 0 Å². The SMILES string of the molecule is CC1(C)c2ccccc2-c2cc(-c3cccc(-c4ccc(-c5cc(-c6ccc(-c7ccccc7)c(-c7ccccc7)c6)nc(-c6ccccc6)n5)c5ccccc45)c3)ccc21. The maximum atomic E-state index is 5.30. The molecule has 0 amide bonds. The summed E-state index contributed by atoms with van der Waals surface area (Å²) in [6, 6.07) is 78.6. The highest BCUT2D eigenvalue weighted by Crippen LogP contribution is 2.50. The van der Waals surface area contributed by atoms with E-state index in [0.717, 1.165) is 44.6 Å². The fourth-order valence-corrected chi connectivity index (χ4v) is 9.42. The van der Waals surface area contributed by atoms with Gasteiger partial charge in [-0.15, -0.1) is 0 Å². The summed E-state index contributed by atoms with van der Waals surface area (Å²) >= 11 is 0. The van der Waals surface area contributed by atoms with Crippen molar-refractivity contribution in [3.8, 4) is 89.5 Å². The highest BCUT2D eigenvalue weighted by molar-refractivity contribution is 6.05. The fraction of sp³-hybridized carbons (Fsp3) is 0.0508. The Morgan fingerprint density at radius 3 is 1.54 bits per heavy atom. The molecule has 288 valence electrons. The Labute approximate surface area is 357 Å². The van der Waals surface area contributed by atoms with Crippen LogP contribution in [0.25, 0.3) is 100 Å². The molecule has 0 bridgehead atoms. The third-order valence-electron chi connectivity index (χ3n) is 12.5. The van der Waals surface area contributed by atoms with E-state index < -0.39 is 0 Å². The molecule has 1 aliphatic carbocycles. The van der Waals surface area contributed by atoms with E-state index in [0.29, 0.717) is 5.82 Å². The van der Waals surface area contributed by atoms with Crippen LogP contribution < -0.4 is 0 Å². The van der Waals surface area contributed by atoms with Crippen LogP contribution in [0.5, 0.6) is 0 Å². The summed E-state index contributed by atoms with van der Waals surface area (Å²) in [5.74, 6) is 0.697. The van der Waals surface area contributed by atoms with Crippen LogP contribution in [0.1, 0.15) is 25.0 Å². The smallest absolute Gasteiger partial charge is 0.160 e. The van der Waals surface area contributed by atoms with Gasteiger partial charge in [0.2, 0.25) is 0 Å². The minimum Gasteiger partial charge on any atom is -0.228 e. The lowest BCUT2D eigenvalue weighted by Gasteiger charge is -2.21. The van der Waals surface area contributed by atoms with Gasteiger partial charge < -0.3 is 0 Å². The van der Waals surface area contributed by atoms with Gasteiger partial charge in [0, 0.05) is 22.1 Å². The number of aromatic nitrogens is 2. The molecule has 1 aliphatic rings. The van der Waals surface area contributed by atoms with E-state index in [1.54, 1.807) is 0 Å². The van der Waals surface area contributed by atoms with Crippen molar-refractivity contribution in [3.05, 3.63) is 230 Å². The Morgan fingerprint density at radius 1 is 0.279 bits per heavy atom. The first-order valence-corrected chi connectivity index (χ1v) is 21.1. The molecule has 0 N–H and O–H groups in total. The first kappa shape index (κ1) is 36.4. The lowest BCUT2D eigenvalue weighted by atomic mass is 9.82. The van der Waals surface area contributed by atoms with Gasteiger partial charge in [0.15, 0.2) is 5.82 Å². The zero-order valence-electron chi connectivity index (χ0n) is 34.2. The second kappa shape index (κ2) is 14.9. The molecule has 0 saturated carbocycles. The Hall–Kier alpha value is -7.68. The molecule has 11 rings (SSSR count). The first-order valence-electron chi connectivity index (χ1n) is 21.1. The summed E-state index contributed by atoms with van der Waals surface area (Å²) in [5.41, 5.74) is 19.8. The van der Waals surface area contributed by atoms with E-state index >= 15 is 0 Å². The molecule has 0 fully saturated rings. The summed E-state index contributed by atoms with van der Waals surface area (Å²) in [7, 11) is 0. The Kier molecular flexibility index (Phi) is 8.86. The topological polar surface area (TPSA) is 25.8 Å². The zero-order valence-corrected chi connectivity index (χ0v) is 34.2. The molecular formula is C59H42N2. The Morgan fingerprint density at radius 2 is 0.787 bits per heavy atom. The van der Waals surface area contributed by atoms with Gasteiger partial charge in [0.1, 0.15) is 0 Å². The lowest BCUT2D eigenvalue weighted by Crippen LogP contribution is -2.14. The maximum Gasteiger partial charge on any atom is 0.160 e. The fourth-order valence-electron chi connectivity index (χ4n) is 9.42. The van der Waals surface area contributed by atoms with Crippen molar-refractivity contribution < 1.29 is 0 Å². The van der Waals surface area contributed by atoms with Crippen molar-refractivity contribution in [2.75, 3.05) is 0 Å². The highest BCUT2D eigenvalue weighted by Gasteiger charge is 2.35. The number of hydrogen-bond donors (Lipinski definition) is 0. The number of nitrogens with zero attached hydrogens (tertiary/aromatic N) is 2. The second-order valence-corrected chi connectivity index (χ2v) is 16.5. The summed E-state index contributed by atoms with van der Waals surface area (Å²) in [4.78, 5) is 10.5. The average molecular weight is 779 g/mol. The second-order valence-electron chi connectivity index (χ2n) is 16.5. The van der Waals surface area contributed by atoms with Crippen molar-refractivity contribution in [2.24, 2.45) is 0 Å². The van der Waals surface area contributed by atoms with E-state index in [1.165, 1.54) is 61.0 Å². The van der Waals surface area contributed by atoms with E-state index in [-0.39, 0.29) is 5.41 Å². The summed E-state index contributed by atoms with van der Waals surface area (Å²) in [5, 5.41) is 2.33. The predicted molar refractivity (Wildman–Crippen MR) is 255 cm³/mol. The van der Waals surface area contributed by atoms with Crippen molar-refractivity contribution >= 4 is 10.8 Å². The molecule has 1 aromatic heterocycles. The molecular weight excluding hydrogens is 737 g/mol. The maximum absolute atomic E-state index is 5.30. The number of rotatable bonds is 7. The molecule has 9 aromatic carbocycles. The number of hydrogen-bond acceptors (Lipinski definition) is 2. The van der Waals surface area contributed by atoms with Crippen LogP contribution in [0.4, 0.5) is 0 Å². The minimum atomic E-state index is -0.0165. The monoisotopic (exact) mass is 778 g/mol. The molecule has 0 unspecified atom stereocenters. The van der Waals surface area contributed by atoms with Crippen molar-refractivity contribution in [3.63, 3.8) is 0 Å². The first-order chi connectivity index (χ1) is 30.0. The van der Waals surface area contributed by atoms with Crippen LogP contribution in [0.2, 0.25) is 0 Å². The number of benzene rings is 9. The molecule has 2 heteroatoms. The van der Waals surface area contributed by atoms with Gasteiger partial charge in [-0.1, -0.05) is 208 Å². The van der Waals surface area contributed by atoms with Crippen LogP contribution in [-0.2, 0) is 5.41 Å². The van der Waals surface area contributed by atoms with E-state index in [1.807, 2.05) is 18.2 Å². The Balaban J connectivity index is 1.03. The molecule has 2 nitrogen and oxygen atoms in total. The molecule has 0 spiro atoms. The van der Waals surface area contributed by atoms with Gasteiger partial charge in [0.05, 0.1) is 11.4 Å². The summed E-state index contributed by atoms with van der Waals surface area (Å²) in [6.45, 7) is 4.67. The van der Waals surface area contributed by atoms with Crippen molar-refractivity contribution in [1.82, 2.24) is 9.97 Å². The van der Waals surface area contributed by atoms with Gasteiger partial charge in [-0.05, 0) is 102 Å². The molecule has 61 heavy (non-hydrogen) atoms. The van der Waals surface area contributed by atoms with E-state index in [2.05, 4.69) is 214 Å². The average Bonchev–Trinajstić information content (AvgIpc) is 3.56. The van der Waals surface area contributed by atoms with E-state index in [4.69, 9.17) is 9.97 Å². The third-order valence-corrected chi connectivity index (χ3v) is 12.5. The third kappa shape index (κ3) is 6.45. The van der Waals surface area contributed by atoms with Crippen LogP contribution in [0, 0.1) is 0 Å². The Bertz CT molecular complexity index is 3260. The quantitative estimate of drug-likeness (QED) is 0.161. The standard InChI is InChI=1S/C59H42N2/c1-59(2)54-28-15-14-27-50(54)53-36-43(30-34-55(53)59)42-23-16-24-44(35-42)47-32-33-51(49-26-13-12-25-48(47)49)57-38-56(60-58(61-57)41-21-10-5-11-22-41)45-29-31-46(39-17-6-3-7-18-39)52(37-45)40-19-8-4-9-20-40/h3-38H,1-2H3. The van der Waals surface area contributed by atoms with Crippen molar-refractivity contribution in [2.45, 2.75) is 19.3 Å². The zero-order chi connectivity index (χ0) is 40.9. The van der Waals surface area contributed by atoms with Gasteiger partial charge in [-0.3, -0.25) is 0 Å². The van der Waals surface area contributed by atoms with Crippen LogP contribution in [-0.4, -0.2) is 9.97 Å². The molecule has 10 aromatic rings. The van der Waals surface area contributed by atoms with Gasteiger partial charge in [0.25, 0.3) is 0 Å². The largest absolute Gasteiger partial charge is 0.228 e. The highest BCUT2D eigenvalue weighted by atomic mass is 14.9. The van der Waals surface area contributed by atoms with Gasteiger partial charge in [-0.2, -0.15) is 0 Å². The normalized spacial score (nSPS) is 12.6. The van der Waals surface area contributed by atoms with Crippen molar-refractivity contribution in [1.29, 1.82) is 0 Å². The minimum absolute atomic E-state index is 0.0165. The molecule has 1 heterocycles. The van der Waals surface area contributed by atoms with Gasteiger partial charge in [-0.25, -0.2) is 9.97 Å². The van der Waals surface area contributed by atoms with Crippen LogP contribution in [0.3, 0.4) is 0 Å².